The second-order valence-corrected chi connectivity index (χ2v) is 7.53. The van der Waals surface area contributed by atoms with Crippen LogP contribution < -0.4 is 5.32 Å². The number of fused-ring (bicyclic) bond motifs is 4. The van der Waals surface area contributed by atoms with Gasteiger partial charge in [0.05, 0.1) is 5.56 Å². The number of hydrogen-bond donors (Lipinski definition) is 2. The van der Waals surface area contributed by atoms with Crippen molar-refractivity contribution in [1.29, 1.82) is 0 Å². The van der Waals surface area contributed by atoms with Crippen LogP contribution in [0.4, 0.5) is 10.5 Å². The molecule has 5 nitrogen and oxygen atoms in total. The van der Waals surface area contributed by atoms with E-state index in [0.717, 1.165) is 21.9 Å². The van der Waals surface area contributed by atoms with Gasteiger partial charge in [-0.1, -0.05) is 60.7 Å². The molecule has 5 heteroatoms. The van der Waals surface area contributed by atoms with E-state index in [2.05, 4.69) is 29.6 Å². The second-order valence-electron chi connectivity index (χ2n) is 7.53. The number of nitrogens with one attached hydrogen (secondary N) is 1. The van der Waals surface area contributed by atoms with Crippen molar-refractivity contribution >= 4 is 28.5 Å². The van der Waals surface area contributed by atoms with Crippen molar-refractivity contribution in [2.45, 2.75) is 5.92 Å². The van der Waals surface area contributed by atoms with E-state index in [0.29, 0.717) is 5.69 Å². The molecule has 31 heavy (non-hydrogen) atoms. The number of carbonyl (C=O) groups is 2. The number of aromatic carboxylic acids is 1. The van der Waals surface area contributed by atoms with Gasteiger partial charge in [-0.05, 0) is 57.3 Å². The maximum Gasteiger partial charge on any atom is 0.411 e. The zero-order valence-corrected chi connectivity index (χ0v) is 16.5. The molecule has 1 amide bonds. The van der Waals surface area contributed by atoms with Gasteiger partial charge in [0.2, 0.25) is 0 Å². The maximum atomic E-state index is 12.5. The molecular formula is C26H19NO4. The minimum atomic E-state index is -0.989. The van der Waals surface area contributed by atoms with Crippen molar-refractivity contribution in [3.8, 4) is 11.1 Å². The largest absolute Gasteiger partial charge is 0.478 e. The third-order valence-electron chi connectivity index (χ3n) is 5.68. The molecule has 5 rings (SSSR count). The summed E-state index contributed by atoms with van der Waals surface area (Å²) < 4.78 is 5.57. The van der Waals surface area contributed by atoms with Gasteiger partial charge in [-0.15, -0.1) is 0 Å². The predicted molar refractivity (Wildman–Crippen MR) is 120 cm³/mol. The van der Waals surface area contributed by atoms with Gasteiger partial charge in [-0.3, -0.25) is 5.32 Å². The maximum absolute atomic E-state index is 12.5. The SMILES string of the molecule is O=C(Nc1ccc2ccc(C(=O)O)cc2c1)OCC1c2ccccc2-c2ccccc21. The average Bonchev–Trinajstić information content (AvgIpc) is 3.11. The fourth-order valence-electron chi connectivity index (χ4n) is 4.21. The Morgan fingerprint density at radius 1 is 0.806 bits per heavy atom. The van der Waals surface area contributed by atoms with Gasteiger partial charge in [0.15, 0.2) is 0 Å². The number of hydrogen-bond acceptors (Lipinski definition) is 3. The van der Waals surface area contributed by atoms with E-state index < -0.39 is 12.1 Å². The molecule has 2 N–H and O–H groups in total. The minimum absolute atomic E-state index is 0.00659. The van der Waals surface area contributed by atoms with E-state index in [4.69, 9.17) is 4.74 Å². The molecular weight excluding hydrogens is 390 g/mol. The second kappa shape index (κ2) is 7.61. The normalized spacial score (nSPS) is 12.3. The van der Waals surface area contributed by atoms with Crippen LogP contribution in [0, 0.1) is 0 Å². The first kappa shape index (κ1) is 18.9. The van der Waals surface area contributed by atoms with Crippen LogP contribution in [-0.2, 0) is 4.74 Å². The summed E-state index contributed by atoms with van der Waals surface area (Å²) in [5.41, 5.74) is 5.41. The van der Waals surface area contributed by atoms with Crippen LogP contribution in [-0.4, -0.2) is 23.8 Å². The first-order valence-corrected chi connectivity index (χ1v) is 9.99. The Morgan fingerprint density at radius 2 is 1.45 bits per heavy atom. The number of carboxylic acids is 1. The minimum Gasteiger partial charge on any atom is -0.478 e. The number of benzene rings is 4. The quantitative estimate of drug-likeness (QED) is 0.440. The molecule has 152 valence electrons. The summed E-state index contributed by atoms with van der Waals surface area (Å²) in [5.74, 6) is -0.996. The van der Waals surface area contributed by atoms with E-state index in [1.54, 1.807) is 30.3 Å². The highest BCUT2D eigenvalue weighted by Gasteiger charge is 2.29. The number of carbonyl (C=O) groups excluding carboxylic acids is 1. The zero-order chi connectivity index (χ0) is 21.4. The fourth-order valence-corrected chi connectivity index (χ4v) is 4.21. The lowest BCUT2D eigenvalue weighted by molar-refractivity contribution is 0.0697. The van der Waals surface area contributed by atoms with E-state index in [1.807, 2.05) is 30.3 Å². The first-order chi connectivity index (χ1) is 15.1. The third-order valence-corrected chi connectivity index (χ3v) is 5.68. The van der Waals surface area contributed by atoms with E-state index >= 15 is 0 Å². The topological polar surface area (TPSA) is 75.6 Å². The van der Waals surface area contributed by atoms with Crippen LogP contribution in [0.5, 0.6) is 0 Å². The summed E-state index contributed by atoms with van der Waals surface area (Å²) in [6.45, 7) is 0.233. The molecule has 0 aliphatic heterocycles. The lowest BCUT2D eigenvalue weighted by Crippen LogP contribution is -2.17. The lowest BCUT2D eigenvalue weighted by atomic mass is 9.98. The van der Waals surface area contributed by atoms with Crippen molar-refractivity contribution in [2.75, 3.05) is 11.9 Å². The highest BCUT2D eigenvalue weighted by atomic mass is 16.5. The van der Waals surface area contributed by atoms with Gasteiger partial charge in [0.25, 0.3) is 0 Å². The van der Waals surface area contributed by atoms with Crippen molar-refractivity contribution in [1.82, 2.24) is 0 Å². The van der Waals surface area contributed by atoms with Crippen molar-refractivity contribution in [3.05, 3.63) is 102 Å². The lowest BCUT2D eigenvalue weighted by Gasteiger charge is -2.15. The Balaban J connectivity index is 1.32. The van der Waals surface area contributed by atoms with Gasteiger partial charge in [0, 0.05) is 11.6 Å². The number of anilines is 1. The van der Waals surface area contributed by atoms with Gasteiger partial charge in [-0.25, -0.2) is 9.59 Å². The molecule has 1 aliphatic rings. The third kappa shape index (κ3) is 3.51. The molecule has 0 spiro atoms. The zero-order valence-electron chi connectivity index (χ0n) is 16.5. The Kier molecular flexibility index (Phi) is 4.64. The highest BCUT2D eigenvalue weighted by molar-refractivity contribution is 5.96. The molecule has 1 aliphatic carbocycles. The van der Waals surface area contributed by atoms with Crippen molar-refractivity contribution < 1.29 is 19.4 Å². The molecule has 4 aromatic rings. The molecule has 0 fully saturated rings. The molecule has 0 aromatic heterocycles. The van der Waals surface area contributed by atoms with Crippen LogP contribution in [0.3, 0.4) is 0 Å². The summed E-state index contributed by atoms with van der Waals surface area (Å²) in [7, 11) is 0. The number of rotatable bonds is 4. The van der Waals surface area contributed by atoms with Crippen molar-refractivity contribution in [2.24, 2.45) is 0 Å². The summed E-state index contributed by atoms with van der Waals surface area (Å²) in [4.78, 5) is 23.7. The highest BCUT2D eigenvalue weighted by Crippen LogP contribution is 2.44. The Hall–Kier alpha value is -4.12. The molecule has 0 atom stereocenters. The fraction of sp³-hybridized carbons (Fsp3) is 0.0769. The predicted octanol–water partition coefficient (Wildman–Crippen LogP) is 5.90. The van der Waals surface area contributed by atoms with E-state index in [9.17, 15) is 14.7 Å². The number of carboxylic acid groups (broad SMARTS) is 1. The average molecular weight is 409 g/mol. The van der Waals surface area contributed by atoms with Gasteiger partial charge in [0.1, 0.15) is 6.61 Å². The van der Waals surface area contributed by atoms with Crippen LogP contribution in [0.2, 0.25) is 0 Å². The van der Waals surface area contributed by atoms with E-state index in [-0.39, 0.29) is 18.1 Å². The Labute approximate surface area is 178 Å². The Bertz CT molecular complexity index is 1280. The molecule has 0 heterocycles. The number of ether oxygens (including phenoxy) is 1. The summed E-state index contributed by atoms with van der Waals surface area (Å²) in [6, 6.07) is 26.6. The molecule has 0 bridgehead atoms. The van der Waals surface area contributed by atoms with Crippen LogP contribution in [0.1, 0.15) is 27.4 Å². The Morgan fingerprint density at radius 3 is 2.13 bits per heavy atom. The first-order valence-electron chi connectivity index (χ1n) is 9.99. The standard InChI is InChI=1S/C26H19NO4/c28-25(29)17-10-9-16-11-12-19(14-18(16)13-17)27-26(30)31-15-24-22-7-3-1-5-20(22)21-6-2-4-8-23(21)24/h1-14,24H,15H2,(H,27,30)(H,28,29). The number of amides is 1. The molecule has 0 unspecified atom stereocenters. The van der Waals surface area contributed by atoms with Gasteiger partial charge < -0.3 is 9.84 Å². The van der Waals surface area contributed by atoms with Gasteiger partial charge in [-0.2, -0.15) is 0 Å². The van der Waals surface area contributed by atoms with E-state index in [1.165, 1.54) is 11.1 Å². The molecule has 4 aromatic carbocycles. The summed E-state index contributed by atoms with van der Waals surface area (Å²) >= 11 is 0. The smallest absolute Gasteiger partial charge is 0.411 e. The summed E-state index contributed by atoms with van der Waals surface area (Å²) in [5, 5.41) is 13.6. The van der Waals surface area contributed by atoms with Crippen LogP contribution in [0.15, 0.2) is 84.9 Å². The summed E-state index contributed by atoms with van der Waals surface area (Å²) in [6.07, 6.45) is -0.546. The van der Waals surface area contributed by atoms with Gasteiger partial charge >= 0.3 is 12.1 Å². The molecule has 0 radical (unpaired) electrons. The van der Waals surface area contributed by atoms with Crippen LogP contribution in [0.25, 0.3) is 21.9 Å². The van der Waals surface area contributed by atoms with Crippen LogP contribution >= 0.6 is 0 Å². The monoisotopic (exact) mass is 409 g/mol. The van der Waals surface area contributed by atoms with Crippen molar-refractivity contribution in [3.63, 3.8) is 0 Å². The molecule has 0 saturated heterocycles. The molecule has 0 saturated carbocycles.